The van der Waals surface area contributed by atoms with E-state index in [9.17, 15) is 0 Å². The third-order valence-electron chi connectivity index (χ3n) is 2.10. The molecule has 0 nitrogen and oxygen atoms in total. The monoisotopic (exact) mass is 192 g/mol. The van der Waals surface area contributed by atoms with Crippen LogP contribution in [0.2, 0.25) is 0 Å². The van der Waals surface area contributed by atoms with Crippen LogP contribution < -0.4 is 0 Å². The summed E-state index contributed by atoms with van der Waals surface area (Å²) in [6.45, 7) is 2.21. The molecule has 0 aromatic heterocycles. The number of benzene rings is 1. The molecule has 0 aliphatic heterocycles. The van der Waals surface area contributed by atoms with Crippen molar-refractivity contribution < 1.29 is 0 Å². The Morgan fingerprint density at radius 1 is 1.15 bits per heavy atom. The van der Waals surface area contributed by atoms with Crippen molar-refractivity contribution >= 4 is 17.1 Å². The Hall–Kier alpha value is -0.690. The van der Waals surface area contributed by atoms with Crippen LogP contribution in [0.15, 0.2) is 30.3 Å². The molecule has 0 aliphatic rings. The molecule has 0 N–H and O–H groups in total. The van der Waals surface area contributed by atoms with Crippen molar-refractivity contribution in [3.63, 3.8) is 0 Å². The number of hydrogen-bond donors (Lipinski definition) is 0. The van der Waals surface area contributed by atoms with Crippen LogP contribution in [-0.4, -0.2) is 4.86 Å². The highest BCUT2D eigenvalue weighted by molar-refractivity contribution is 7.80. The Morgan fingerprint density at radius 2 is 1.85 bits per heavy atom. The SMILES string of the molecule is CCCCCC(=S)c1ccccc1. The van der Waals surface area contributed by atoms with E-state index >= 15 is 0 Å². The molecule has 0 heterocycles. The van der Waals surface area contributed by atoms with Gasteiger partial charge in [-0.05, 0) is 18.4 Å². The predicted octanol–water partition coefficient (Wildman–Crippen LogP) is 3.98. The molecule has 0 unspecified atom stereocenters. The van der Waals surface area contributed by atoms with Gasteiger partial charge in [-0.15, -0.1) is 0 Å². The van der Waals surface area contributed by atoms with Gasteiger partial charge in [-0.3, -0.25) is 0 Å². The van der Waals surface area contributed by atoms with Crippen LogP contribution in [0.5, 0.6) is 0 Å². The van der Waals surface area contributed by atoms with Crippen LogP contribution in [-0.2, 0) is 0 Å². The summed E-state index contributed by atoms with van der Waals surface area (Å²) in [6.07, 6.45) is 4.84. The summed E-state index contributed by atoms with van der Waals surface area (Å²) in [4.78, 5) is 1.11. The Labute approximate surface area is 86.0 Å². The fraction of sp³-hybridized carbons (Fsp3) is 0.417. The van der Waals surface area contributed by atoms with Crippen molar-refractivity contribution in [2.75, 3.05) is 0 Å². The summed E-state index contributed by atoms with van der Waals surface area (Å²) >= 11 is 5.33. The van der Waals surface area contributed by atoms with Crippen LogP contribution in [0.25, 0.3) is 0 Å². The number of thiocarbonyl (C=S) groups is 1. The maximum Gasteiger partial charge on any atom is 0.0224 e. The molecule has 0 aliphatic carbocycles. The molecular formula is C12H16S. The van der Waals surface area contributed by atoms with Crippen molar-refractivity contribution in [3.8, 4) is 0 Å². The minimum atomic E-state index is 1.06. The largest absolute Gasteiger partial charge is 0.0843 e. The molecular weight excluding hydrogens is 176 g/mol. The van der Waals surface area contributed by atoms with E-state index in [1.54, 1.807) is 0 Å². The predicted molar refractivity (Wildman–Crippen MR) is 62.3 cm³/mol. The van der Waals surface area contributed by atoms with Crippen LogP contribution in [0.4, 0.5) is 0 Å². The van der Waals surface area contributed by atoms with Gasteiger partial charge >= 0.3 is 0 Å². The van der Waals surface area contributed by atoms with Crippen molar-refractivity contribution in [2.45, 2.75) is 32.6 Å². The van der Waals surface area contributed by atoms with Gasteiger partial charge in [-0.2, -0.15) is 0 Å². The van der Waals surface area contributed by atoms with E-state index in [1.165, 1.54) is 24.8 Å². The lowest BCUT2D eigenvalue weighted by molar-refractivity contribution is 0.745. The minimum Gasteiger partial charge on any atom is -0.0843 e. The fourth-order valence-corrected chi connectivity index (χ4v) is 1.58. The lowest BCUT2D eigenvalue weighted by atomic mass is 10.1. The van der Waals surface area contributed by atoms with Crippen LogP contribution in [0, 0.1) is 0 Å². The maximum atomic E-state index is 5.33. The van der Waals surface area contributed by atoms with E-state index < -0.39 is 0 Å². The van der Waals surface area contributed by atoms with Gasteiger partial charge in [0.1, 0.15) is 0 Å². The summed E-state index contributed by atoms with van der Waals surface area (Å²) in [5, 5.41) is 0. The first kappa shape index (κ1) is 10.4. The molecule has 1 heteroatoms. The van der Waals surface area contributed by atoms with Gasteiger partial charge in [-0.1, -0.05) is 62.3 Å². The van der Waals surface area contributed by atoms with Crippen molar-refractivity contribution in [1.29, 1.82) is 0 Å². The van der Waals surface area contributed by atoms with Crippen molar-refractivity contribution in [1.82, 2.24) is 0 Å². The fourth-order valence-electron chi connectivity index (χ4n) is 1.30. The molecule has 1 aromatic rings. The first-order valence-corrected chi connectivity index (χ1v) is 5.33. The Morgan fingerprint density at radius 3 is 2.46 bits per heavy atom. The lowest BCUT2D eigenvalue weighted by Gasteiger charge is -2.02. The molecule has 70 valence electrons. The quantitative estimate of drug-likeness (QED) is 0.386. The third-order valence-corrected chi connectivity index (χ3v) is 2.54. The van der Waals surface area contributed by atoms with E-state index in [1.807, 2.05) is 18.2 Å². The van der Waals surface area contributed by atoms with E-state index in [0.717, 1.165) is 11.3 Å². The molecule has 0 spiro atoms. The van der Waals surface area contributed by atoms with Gasteiger partial charge in [0.25, 0.3) is 0 Å². The average Bonchev–Trinajstić information content (AvgIpc) is 2.19. The van der Waals surface area contributed by atoms with Crippen molar-refractivity contribution in [3.05, 3.63) is 35.9 Å². The maximum absolute atomic E-state index is 5.33. The summed E-state index contributed by atoms with van der Waals surface area (Å²) in [7, 11) is 0. The molecule has 0 amide bonds. The molecule has 13 heavy (non-hydrogen) atoms. The van der Waals surface area contributed by atoms with Crippen LogP contribution >= 0.6 is 12.2 Å². The highest BCUT2D eigenvalue weighted by Gasteiger charge is 1.98. The Balaban J connectivity index is 2.40. The zero-order valence-corrected chi connectivity index (χ0v) is 8.94. The zero-order valence-electron chi connectivity index (χ0n) is 8.12. The van der Waals surface area contributed by atoms with Gasteiger partial charge < -0.3 is 0 Å². The molecule has 0 bridgehead atoms. The van der Waals surface area contributed by atoms with Crippen LogP contribution in [0.1, 0.15) is 38.2 Å². The molecule has 0 radical (unpaired) electrons. The van der Waals surface area contributed by atoms with Gasteiger partial charge in [0, 0.05) is 4.86 Å². The topological polar surface area (TPSA) is 0 Å². The molecule has 0 fully saturated rings. The third kappa shape index (κ3) is 3.69. The Bertz CT molecular complexity index is 251. The van der Waals surface area contributed by atoms with E-state index in [-0.39, 0.29) is 0 Å². The number of rotatable bonds is 5. The van der Waals surface area contributed by atoms with Gasteiger partial charge in [0.2, 0.25) is 0 Å². The van der Waals surface area contributed by atoms with Crippen LogP contribution in [0.3, 0.4) is 0 Å². The molecule has 0 saturated heterocycles. The number of unbranched alkanes of at least 4 members (excludes halogenated alkanes) is 2. The van der Waals surface area contributed by atoms with Crippen molar-refractivity contribution in [2.24, 2.45) is 0 Å². The molecule has 1 rings (SSSR count). The first-order valence-electron chi connectivity index (χ1n) is 4.93. The second-order valence-corrected chi connectivity index (χ2v) is 3.74. The second kappa shape index (κ2) is 5.87. The zero-order chi connectivity index (χ0) is 9.52. The number of hydrogen-bond acceptors (Lipinski definition) is 1. The summed E-state index contributed by atoms with van der Waals surface area (Å²) < 4.78 is 0. The normalized spacial score (nSPS) is 9.92. The first-order chi connectivity index (χ1) is 6.34. The van der Waals surface area contributed by atoms with Gasteiger partial charge in [0.15, 0.2) is 0 Å². The molecule has 0 saturated carbocycles. The molecule has 0 atom stereocenters. The smallest absolute Gasteiger partial charge is 0.0224 e. The summed E-state index contributed by atoms with van der Waals surface area (Å²) in [6, 6.07) is 10.3. The average molecular weight is 192 g/mol. The minimum absolute atomic E-state index is 1.06. The van der Waals surface area contributed by atoms with E-state index in [0.29, 0.717) is 0 Å². The molecule has 1 aromatic carbocycles. The highest BCUT2D eigenvalue weighted by atomic mass is 32.1. The van der Waals surface area contributed by atoms with E-state index in [4.69, 9.17) is 12.2 Å². The summed E-state index contributed by atoms with van der Waals surface area (Å²) in [5.41, 5.74) is 1.22. The summed E-state index contributed by atoms with van der Waals surface area (Å²) in [5.74, 6) is 0. The standard InChI is InChI=1S/C12H16S/c1-2-3-5-10-12(13)11-8-6-4-7-9-11/h4,6-9H,2-3,5,10H2,1H3. The second-order valence-electron chi connectivity index (χ2n) is 3.25. The van der Waals surface area contributed by atoms with Gasteiger partial charge in [-0.25, -0.2) is 0 Å². The highest BCUT2D eigenvalue weighted by Crippen LogP contribution is 2.08. The lowest BCUT2D eigenvalue weighted by Crippen LogP contribution is -1.96. The van der Waals surface area contributed by atoms with Gasteiger partial charge in [0.05, 0.1) is 0 Å². The van der Waals surface area contributed by atoms with E-state index in [2.05, 4.69) is 19.1 Å². The Kier molecular flexibility index (Phi) is 4.69.